The van der Waals surface area contributed by atoms with E-state index < -0.39 is 0 Å². The lowest BCUT2D eigenvalue weighted by Crippen LogP contribution is -2.38. The highest BCUT2D eigenvalue weighted by atomic mass is 32.1. The predicted octanol–water partition coefficient (Wildman–Crippen LogP) is 5.41. The smallest absolute Gasteiger partial charge is 0.322 e. The molecule has 0 saturated carbocycles. The van der Waals surface area contributed by atoms with Gasteiger partial charge in [-0.25, -0.2) is 4.79 Å². The van der Waals surface area contributed by atoms with Crippen LogP contribution >= 0.6 is 11.3 Å². The van der Waals surface area contributed by atoms with Gasteiger partial charge in [-0.1, -0.05) is 19.9 Å². The van der Waals surface area contributed by atoms with Crippen LogP contribution in [0.4, 0.5) is 10.5 Å². The van der Waals surface area contributed by atoms with Crippen LogP contribution in [-0.2, 0) is 0 Å². The van der Waals surface area contributed by atoms with Crippen LogP contribution in [0.15, 0.2) is 35.7 Å². The third-order valence-corrected chi connectivity index (χ3v) is 5.32. The van der Waals surface area contributed by atoms with Crippen LogP contribution < -0.4 is 14.8 Å². The average molecular weight is 377 g/mol. The lowest BCUT2D eigenvalue weighted by Gasteiger charge is -2.30. The number of rotatable bonds is 8. The molecule has 1 atom stereocenters. The van der Waals surface area contributed by atoms with Gasteiger partial charge in [0.15, 0.2) is 0 Å². The topological polar surface area (TPSA) is 50.8 Å². The van der Waals surface area contributed by atoms with E-state index in [9.17, 15) is 4.79 Å². The summed E-state index contributed by atoms with van der Waals surface area (Å²) in [6.07, 6.45) is 0.947. The van der Waals surface area contributed by atoms with Gasteiger partial charge in [0.25, 0.3) is 0 Å². The number of nitrogens with one attached hydrogen (secondary N) is 1. The first kappa shape index (κ1) is 20.1. The molecule has 5 nitrogen and oxygen atoms in total. The molecule has 0 fully saturated rings. The van der Waals surface area contributed by atoms with Crippen LogP contribution in [0.25, 0.3) is 0 Å². The van der Waals surface area contributed by atoms with Gasteiger partial charge in [-0.15, -0.1) is 11.3 Å². The van der Waals surface area contributed by atoms with Crippen molar-refractivity contribution < 1.29 is 14.3 Å². The van der Waals surface area contributed by atoms with Gasteiger partial charge in [-0.05, 0) is 42.8 Å². The highest BCUT2D eigenvalue weighted by Crippen LogP contribution is 2.31. The molecule has 142 valence electrons. The van der Waals surface area contributed by atoms with Crippen LogP contribution in [-0.4, -0.2) is 31.7 Å². The van der Waals surface area contributed by atoms with Crippen LogP contribution in [0.2, 0.25) is 0 Å². The summed E-state index contributed by atoms with van der Waals surface area (Å²) in [5.74, 6) is 1.78. The van der Waals surface area contributed by atoms with E-state index in [1.807, 2.05) is 16.3 Å². The Hall–Kier alpha value is -2.21. The number of ether oxygens (including phenoxy) is 2. The molecule has 1 aromatic carbocycles. The van der Waals surface area contributed by atoms with Crippen molar-refractivity contribution in [2.45, 2.75) is 33.2 Å². The molecule has 0 radical (unpaired) electrons. The van der Waals surface area contributed by atoms with Crippen molar-refractivity contribution in [2.75, 3.05) is 26.1 Å². The average Bonchev–Trinajstić information content (AvgIpc) is 3.16. The SMILES string of the molecule is COc1ccc(NC(=O)N(CCC(C)C)C(C)c2cccs2)c(OC)c1. The molecule has 0 bridgehead atoms. The Bertz CT molecular complexity index is 701. The molecule has 0 saturated heterocycles. The van der Waals surface area contributed by atoms with E-state index in [0.717, 1.165) is 6.42 Å². The van der Waals surface area contributed by atoms with E-state index in [1.165, 1.54) is 4.88 Å². The van der Waals surface area contributed by atoms with Crippen LogP contribution in [0, 0.1) is 5.92 Å². The first-order valence-electron chi connectivity index (χ1n) is 8.79. The van der Waals surface area contributed by atoms with Crippen molar-refractivity contribution in [1.82, 2.24) is 4.90 Å². The molecule has 1 aromatic heterocycles. The zero-order valence-corrected chi connectivity index (χ0v) is 16.9. The van der Waals surface area contributed by atoms with Crippen molar-refractivity contribution >= 4 is 23.1 Å². The summed E-state index contributed by atoms with van der Waals surface area (Å²) in [4.78, 5) is 16.1. The molecule has 1 unspecified atom stereocenters. The Labute approximate surface area is 159 Å². The number of anilines is 1. The Morgan fingerprint density at radius 3 is 2.54 bits per heavy atom. The summed E-state index contributed by atoms with van der Waals surface area (Å²) >= 11 is 1.67. The molecular weight excluding hydrogens is 348 g/mol. The van der Waals surface area contributed by atoms with Gasteiger partial charge in [-0.2, -0.15) is 0 Å². The standard InChI is InChI=1S/C20H28N2O3S/c1-14(2)10-11-22(15(3)19-7-6-12-26-19)20(23)21-17-9-8-16(24-4)13-18(17)25-5/h6-9,12-15H,10-11H2,1-5H3,(H,21,23). The number of nitrogens with zero attached hydrogens (tertiary/aromatic N) is 1. The number of benzene rings is 1. The molecule has 26 heavy (non-hydrogen) atoms. The van der Waals surface area contributed by atoms with E-state index in [4.69, 9.17) is 9.47 Å². The predicted molar refractivity (Wildman–Crippen MR) is 107 cm³/mol. The molecule has 2 rings (SSSR count). The Morgan fingerprint density at radius 2 is 1.96 bits per heavy atom. The van der Waals surface area contributed by atoms with Crippen LogP contribution in [0.3, 0.4) is 0 Å². The second-order valence-electron chi connectivity index (χ2n) is 6.56. The second kappa shape index (κ2) is 9.48. The number of methoxy groups -OCH3 is 2. The summed E-state index contributed by atoms with van der Waals surface area (Å²) < 4.78 is 10.6. The van der Waals surface area contributed by atoms with E-state index in [2.05, 4.69) is 32.2 Å². The van der Waals surface area contributed by atoms with Gasteiger partial charge in [0.2, 0.25) is 0 Å². The van der Waals surface area contributed by atoms with Gasteiger partial charge in [0.05, 0.1) is 25.9 Å². The highest BCUT2D eigenvalue weighted by molar-refractivity contribution is 7.10. The fourth-order valence-electron chi connectivity index (χ4n) is 2.64. The van der Waals surface area contributed by atoms with E-state index in [-0.39, 0.29) is 12.1 Å². The summed E-state index contributed by atoms with van der Waals surface area (Å²) in [6, 6.07) is 9.33. The molecule has 0 aliphatic carbocycles. The monoisotopic (exact) mass is 376 g/mol. The largest absolute Gasteiger partial charge is 0.497 e. The minimum atomic E-state index is -0.130. The van der Waals surface area contributed by atoms with E-state index in [1.54, 1.807) is 43.8 Å². The normalized spacial score (nSPS) is 11.9. The fourth-order valence-corrected chi connectivity index (χ4v) is 3.44. The summed E-state index contributed by atoms with van der Waals surface area (Å²) in [6.45, 7) is 7.09. The molecule has 6 heteroatoms. The van der Waals surface area contributed by atoms with Crippen LogP contribution in [0.1, 0.15) is 38.1 Å². The lowest BCUT2D eigenvalue weighted by atomic mass is 10.1. The first-order chi connectivity index (χ1) is 12.5. The Balaban J connectivity index is 2.20. The molecule has 2 amide bonds. The van der Waals surface area contributed by atoms with Gasteiger partial charge < -0.3 is 19.7 Å². The summed E-state index contributed by atoms with van der Waals surface area (Å²) in [5, 5.41) is 5.03. The molecule has 1 N–H and O–H groups in total. The number of amides is 2. The number of hydrogen-bond acceptors (Lipinski definition) is 4. The van der Waals surface area contributed by atoms with Crippen LogP contribution in [0.5, 0.6) is 11.5 Å². The Morgan fingerprint density at radius 1 is 1.19 bits per heavy atom. The Kier molecular flexibility index (Phi) is 7.33. The quantitative estimate of drug-likeness (QED) is 0.670. The maximum absolute atomic E-state index is 13.0. The second-order valence-corrected chi connectivity index (χ2v) is 7.54. The number of carbonyl (C=O) groups excluding carboxylic acids is 1. The lowest BCUT2D eigenvalue weighted by molar-refractivity contribution is 0.189. The zero-order valence-electron chi connectivity index (χ0n) is 16.1. The van der Waals surface area contributed by atoms with Gasteiger partial charge in [0, 0.05) is 17.5 Å². The van der Waals surface area contributed by atoms with Gasteiger partial charge >= 0.3 is 6.03 Å². The number of carbonyl (C=O) groups is 1. The first-order valence-corrected chi connectivity index (χ1v) is 9.67. The van der Waals surface area contributed by atoms with Crippen molar-refractivity contribution in [3.63, 3.8) is 0 Å². The maximum atomic E-state index is 13.0. The summed E-state index contributed by atoms with van der Waals surface area (Å²) in [5.41, 5.74) is 0.631. The molecular formula is C20H28N2O3S. The molecule has 0 aliphatic heterocycles. The van der Waals surface area contributed by atoms with Crippen molar-refractivity contribution in [1.29, 1.82) is 0 Å². The minimum absolute atomic E-state index is 0.0120. The number of urea groups is 1. The number of thiophene rings is 1. The molecule has 0 spiro atoms. The fraction of sp³-hybridized carbons (Fsp3) is 0.450. The third-order valence-electron chi connectivity index (χ3n) is 4.28. The van der Waals surface area contributed by atoms with Crippen molar-refractivity contribution in [3.05, 3.63) is 40.6 Å². The maximum Gasteiger partial charge on any atom is 0.322 e. The van der Waals surface area contributed by atoms with E-state index >= 15 is 0 Å². The van der Waals surface area contributed by atoms with Gasteiger partial charge in [-0.3, -0.25) is 0 Å². The highest BCUT2D eigenvalue weighted by Gasteiger charge is 2.23. The number of hydrogen-bond donors (Lipinski definition) is 1. The zero-order chi connectivity index (χ0) is 19.1. The molecule has 1 heterocycles. The van der Waals surface area contributed by atoms with Gasteiger partial charge in [0.1, 0.15) is 11.5 Å². The van der Waals surface area contributed by atoms with Crippen molar-refractivity contribution in [2.24, 2.45) is 5.92 Å². The summed E-state index contributed by atoms with van der Waals surface area (Å²) in [7, 11) is 3.18. The minimum Gasteiger partial charge on any atom is -0.497 e. The molecule has 0 aliphatic rings. The van der Waals surface area contributed by atoms with Crippen molar-refractivity contribution in [3.8, 4) is 11.5 Å². The molecule has 2 aromatic rings. The van der Waals surface area contributed by atoms with E-state index in [0.29, 0.717) is 29.6 Å². The third kappa shape index (κ3) is 5.14.